The fourth-order valence-electron chi connectivity index (χ4n) is 1.40. The molecule has 0 atom stereocenters. The van der Waals surface area contributed by atoms with Crippen LogP contribution in [0.2, 0.25) is 0 Å². The van der Waals surface area contributed by atoms with Crippen molar-refractivity contribution in [1.29, 1.82) is 0 Å². The molecule has 1 N–H and O–H groups in total. The summed E-state index contributed by atoms with van der Waals surface area (Å²) in [6.45, 7) is 4.29. The van der Waals surface area contributed by atoms with Crippen molar-refractivity contribution < 1.29 is 4.74 Å². The molecule has 1 aromatic rings. The number of aromatic nitrogens is 1. The lowest BCUT2D eigenvalue weighted by Gasteiger charge is -2.04. The van der Waals surface area contributed by atoms with Gasteiger partial charge < -0.3 is 10.1 Å². The molecule has 0 spiro atoms. The summed E-state index contributed by atoms with van der Waals surface area (Å²) in [6, 6.07) is 4.92. The molecule has 15 heavy (non-hydrogen) atoms. The van der Waals surface area contributed by atoms with E-state index in [1.54, 1.807) is 0 Å². The van der Waals surface area contributed by atoms with Gasteiger partial charge in [0.15, 0.2) is 0 Å². The number of nitrogens with one attached hydrogen (secondary N) is 1. The highest BCUT2D eigenvalue weighted by Crippen LogP contribution is 2.19. The van der Waals surface area contributed by atoms with E-state index in [4.69, 9.17) is 4.74 Å². The highest BCUT2D eigenvalue weighted by Gasteiger charge is 2.19. The van der Waals surface area contributed by atoms with E-state index < -0.39 is 0 Å². The first-order valence-electron chi connectivity index (χ1n) is 5.63. The fourth-order valence-corrected chi connectivity index (χ4v) is 1.40. The Bertz CT molecular complexity index is 293. The standard InChI is InChI=1S/C12H18N2O/c1-2-15-9-12-4-3-10(8-14-12)7-13-11-5-6-11/h3-4,8,11,13H,2,5-7,9H2,1H3. The minimum absolute atomic E-state index is 0.618. The molecule has 3 heteroatoms. The third-order valence-electron chi connectivity index (χ3n) is 2.51. The molecule has 0 bridgehead atoms. The van der Waals surface area contributed by atoms with Crippen molar-refractivity contribution in [3.8, 4) is 0 Å². The Kier molecular flexibility index (Phi) is 3.69. The zero-order valence-electron chi connectivity index (χ0n) is 9.20. The maximum atomic E-state index is 5.29. The van der Waals surface area contributed by atoms with Crippen LogP contribution in [0.5, 0.6) is 0 Å². The molecule has 0 radical (unpaired) electrons. The lowest BCUT2D eigenvalue weighted by molar-refractivity contribution is 0.131. The van der Waals surface area contributed by atoms with Gasteiger partial charge in [-0.3, -0.25) is 4.98 Å². The Morgan fingerprint density at radius 1 is 1.47 bits per heavy atom. The molecule has 0 amide bonds. The van der Waals surface area contributed by atoms with Crippen LogP contribution >= 0.6 is 0 Å². The summed E-state index contributed by atoms with van der Waals surface area (Å²) in [5.74, 6) is 0. The van der Waals surface area contributed by atoms with E-state index in [1.165, 1.54) is 18.4 Å². The van der Waals surface area contributed by atoms with Gasteiger partial charge in [0.2, 0.25) is 0 Å². The molecule has 1 aliphatic rings. The van der Waals surface area contributed by atoms with Gasteiger partial charge in [0, 0.05) is 25.4 Å². The average Bonchev–Trinajstić information content (AvgIpc) is 3.09. The number of ether oxygens (including phenoxy) is 1. The lowest BCUT2D eigenvalue weighted by atomic mass is 10.2. The monoisotopic (exact) mass is 206 g/mol. The zero-order valence-corrected chi connectivity index (χ0v) is 9.20. The van der Waals surface area contributed by atoms with Crippen molar-refractivity contribution >= 4 is 0 Å². The molecule has 0 aliphatic heterocycles. The van der Waals surface area contributed by atoms with Gasteiger partial charge in [0.25, 0.3) is 0 Å². The number of hydrogen-bond acceptors (Lipinski definition) is 3. The van der Waals surface area contributed by atoms with Crippen LogP contribution in [-0.2, 0) is 17.9 Å². The minimum atomic E-state index is 0.618. The van der Waals surface area contributed by atoms with Crippen LogP contribution in [0.15, 0.2) is 18.3 Å². The van der Waals surface area contributed by atoms with E-state index in [0.29, 0.717) is 6.61 Å². The van der Waals surface area contributed by atoms with Crippen molar-refractivity contribution in [2.75, 3.05) is 6.61 Å². The Morgan fingerprint density at radius 3 is 2.93 bits per heavy atom. The Labute approximate surface area is 90.9 Å². The summed E-state index contributed by atoms with van der Waals surface area (Å²) in [5.41, 5.74) is 2.26. The zero-order chi connectivity index (χ0) is 10.5. The predicted octanol–water partition coefficient (Wildman–Crippen LogP) is 1.87. The van der Waals surface area contributed by atoms with E-state index in [2.05, 4.69) is 16.4 Å². The summed E-state index contributed by atoms with van der Waals surface area (Å²) in [4.78, 5) is 4.35. The molecule has 82 valence electrons. The van der Waals surface area contributed by atoms with Crippen LogP contribution in [0.1, 0.15) is 31.0 Å². The normalized spacial score (nSPS) is 15.5. The molecule has 0 saturated heterocycles. The second-order valence-corrected chi connectivity index (χ2v) is 3.95. The summed E-state index contributed by atoms with van der Waals surface area (Å²) < 4.78 is 5.29. The second-order valence-electron chi connectivity index (χ2n) is 3.95. The molecule has 3 nitrogen and oxygen atoms in total. The molecule has 1 saturated carbocycles. The van der Waals surface area contributed by atoms with Crippen LogP contribution in [0.3, 0.4) is 0 Å². The summed E-state index contributed by atoms with van der Waals surface area (Å²) in [6.07, 6.45) is 4.59. The largest absolute Gasteiger partial charge is 0.375 e. The van der Waals surface area contributed by atoms with Gasteiger partial charge in [-0.15, -0.1) is 0 Å². The van der Waals surface area contributed by atoms with Gasteiger partial charge >= 0.3 is 0 Å². The Hall–Kier alpha value is -0.930. The van der Waals surface area contributed by atoms with Gasteiger partial charge in [-0.05, 0) is 31.4 Å². The van der Waals surface area contributed by atoms with Gasteiger partial charge in [0.1, 0.15) is 0 Å². The Morgan fingerprint density at radius 2 is 2.33 bits per heavy atom. The number of nitrogens with zero attached hydrogens (tertiary/aromatic N) is 1. The average molecular weight is 206 g/mol. The first-order valence-corrected chi connectivity index (χ1v) is 5.63. The third kappa shape index (κ3) is 3.61. The van der Waals surface area contributed by atoms with Gasteiger partial charge in [0.05, 0.1) is 12.3 Å². The van der Waals surface area contributed by atoms with Gasteiger partial charge in [-0.25, -0.2) is 0 Å². The van der Waals surface area contributed by atoms with Crippen molar-refractivity contribution in [2.24, 2.45) is 0 Å². The molecule has 1 aromatic heterocycles. The summed E-state index contributed by atoms with van der Waals surface area (Å²) in [5, 5.41) is 3.46. The van der Waals surface area contributed by atoms with Crippen LogP contribution in [0.4, 0.5) is 0 Å². The first kappa shape index (κ1) is 10.6. The lowest BCUT2D eigenvalue weighted by Crippen LogP contribution is -2.15. The second kappa shape index (κ2) is 5.24. The predicted molar refractivity (Wildman–Crippen MR) is 59.4 cm³/mol. The van der Waals surface area contributed by atoms with Crippen LogP contribution < -0.4 is 5.32 Å². The number of rotatable bonds is 6. The quantitative estimate of drug-likeness (QED) is 0.771. The topological polar surface area (TPSA) is 34.1 Å². The molecular weight excluding hydrogens is 188 g/mol. The van der Waals surface area contributed by atoms with E-state index >= 15 is 0 Å². The molecule has 0 aromatic carbocycles. The van der Waals surface area contributed by atoms with E-state index in [-0.39, 0.29) is 0 Å². The highest BCUT2D eigenvalue weighted by molar-refractivity contribution is 5.13. The maximum absolute atomic E-state index is 5.29. The highest BCUT2D eigenvalue weighted by atomic mass is 16.5. The van der Waals surface area contributed by atoms with Crippen molar-refractivity contribution in [3.63, 3.8) is 0 Å². The third-order valence-corrected chi connectivity index (χ3v) is 2.51. The van der Waals surface area contributed by atoms with E-state index in [1.807, 2.05) is 19.2 Å². The molecule has 2 rings (SSSR count). The van der Waals surface area contributed by atoms with E-state index in [0.717, 1.165) is 24.9 Å². The molecule has 1 heterocycles. The van der Waals surface area contributed by atoms with Crippen molar-refractivity contribution in [3.05, 3.63) is 29.6 Å². The number of pyridine rings is 1. The summed E-state index contributed by atoms with van der Waals surface area (Å²) in [7, 11) is 0. The molecule has 1 fully saturated rings. The van der Waals surface area contributed by atoms with E-state index in [9.17, 15) is 0 Å². The minimum Gasteiger partial charge on any atom is -0.375 e. The first-order chi connectivity index (χ1) is 7.38. The Balaban J connectivity index is 1.79. The molecular formula is C12H18N2O. The van der Waals surface area contributed by atoms with Gasteiger partial charge in [-0.2, -0.15) is 0 Å². The van der Waals surface area contributed by atoms with Crippen LogP contribution in [-0.4, -0.2) is 17.6 Å². The number of hydrogen-bond donors (Lipinski definition) is 1. The smallest absolute Gasteiger partial charge is 0.0887 e. The fraction of sp³-hybridized carbons (Fsp3) is 0.583. The molecule has 0 unspecified atom stereocenters. The molecule has 1 aliphatic carbocycles. The summed E-state index contributed by atoms with van der Waals surface area (Å²) >= 11 is 0. The SMILES string of the molecule is CCOCc1ccc(CNC2CC2)cn1. The van der Waals surface area contributed by atoms with Crippen molar-refractivity contribution in [2.45, 2.75) is 39.0 Å². The maximum Gasteiger partial charge on any atom is 0.0887 e. The van der Waals surface area contributed by atoms with Crippen LogP contribution in [0.25, 0.3) is 0 Å². The van der Waals surface area contributed by atoms with Crippen LogP contribution in [0, 0.1) is 0 Å². The van der Waals surface area contributed by atoms with Gasteiger partial charge in [-0.1, -0.05) is 6.07 Å². The van der Waals surface area contributed by atoms with Crippen molar-refractivity contribution in [1.82, 2.24) is 10.3 Å².